The third kappa shape index (κ3) is 2.70. The Balaban J connectivity index is 1.70. The molecule has 3 rings (SSSR count). The fourth-order valence-corrected chi connectivity index (χ4v) is 2.58. The van der Waals surface area contributed by atoms with Crippen LogP contribution in [0.5, 0.6) is 0 Å². The highest BCUT2D eigenvalue weighted by Gasteiger charge is 2.15. The second kappa shape index (κ2) is 5.66. The van der Waals surface area contributed by atoms with Gasteiger partial charge in [-0.05, 0) is 38.9 Å². The molecule has 6 heteroatoms. The van der Waals surface area contributed by atoms with Crippen LogP contribution in [-0.2, 0) is 6.54 Å². The van der Waals surface area contributed by atoms with Crippen molar-refractivity contribution in [3.8, 4) is 11.5 Å². The number of rotatable bonds is 4. The zero-order chi connectivity index (χ0) is 13.9. The summed E-state index contributed by atoms with van der Waals surface area (Å²) in [5.74, 6) is 0.631. The molecule has 6 nitrogen and oxygen atoms in total. The van der Waals surface area contributed by atoms with Crippen LogP contribution < -0.4 is 5.76 Å². The van der Waals surface area contributed by atoms with Crippen molar-refractivity contribution in [2.75, 3.05) is 19.6 Å². The van der Waals surface area contributed by atoms with Gasteiger partial charge in [0, 0.05) is 6.54 Å². The number of furan rings is 1. The largest absolute Gasteiger partial charge is 0.469 e. The number of piperidine rings is 1. The normalized spacial score (nSPS) is 16.6. The average Bonchev–Trinajstić information content (AvgIpc) is 3.04. The molecule has 0 aliphatic carbocycles. The molecule has 0 atom stereocenters. The molecule has 1 aliphatic rings. The van der Waals surface area contributed by atoms with Crippen molar-refractivity contribution in [3.63, 3.8) is 0 Å². The molecule has 2 aromatic heterocycles. The van der Waals surface area contributed by atoms with Crippen LogP contribution in [0.1, 0.15) is 25.0 Å². The van der Waals surface area contributed by atoms with E-state index < -0.39 is 5.76 Å². The molecule has 0 unspecified atom stereocenters. The van der Waals surface area contributed by atoms with Gasteiger partial charge in [-0.15, -0.1) is 5.10 Å². The Hall–Kier alpha value is -1.82. The van der Waals surface area contributed by atoms with Gasteiger partial charge < -0.3 is 13.7 Å². The summed E-state index contributed by atoms with van der Waals surface area (Å²) in [6, 6.07) is 1.76. The molecular weight excluding hydrogens is 258 g/mol. The summed E-state index contributed by atoms with van der Waals surface area (Å²) in [5.41, 5.74) is 0.735. The Morgan fingerprint density at radius 3 is 2.75 bits per heavy atom. The molecule has 0 N–H and O–H groups in total. The topological polar surface area (TPSA) is 64.4 Å². The van der Waals surface area contributed by atoms with E-state index >= 15 is 0 Å². The highest BCUT2D eigenvalue weighted by atomic mass is 16.4. The Morgan fingerprint density at radius 2 is 2.05 bits per heavy atom. The number of aryl methyl sites for hydroxylation is 1. The first kappa shape index (κ1) is 13.2. The lowest BCUT2D eigenvalue weighted by Gasteiger charge is -2.25. The number of likely N-dealkylation sites (tertiary alicyclic amines) is 1. The number of nitrogens with zero attached hydrogens (tertiary/aromatic N) is 3. The molecule has 0 spiro atoms. The van der Waals surface area contributed by atoms with Gasteiger partial charge in [0.05, 0.1) is 18.4 Å². The number of aromatic nitrogens is 2. The van der Waals surface area contributed by atoms with Gasteiger partial charge in [-0.25, -0.2) is 4.79 Å². The summed E-state index contributed by atoms with van der Waals surface area (Å²) in [6.45, 7) is 5.46. The molecule has 20 heavy (non-hydrogen) atoms. The lowest BCUT2D eigenvalue weighted by Crippen LogP contribution is -2.34. The van der Waals surface area contributed by atoms with Gasteiger partial charge in [-0.2, -0.15) is 4.68 Å². The minimum Gasteiger partial charge on any atom is -0.469 e. The number of hydrogen-bond donors (Lipinski definition) is 0. The van der Waals surface area contributed by atoms with Crippen molar-refractivity contribution < 1.29 is 8.83 Å². The Kier molecular flexibility index (Phi) is 3.73. The summed E-state index contributed by atoms with van der Waals surface area (Å²) in [7, 11) is 0. The van der Waals surface area contributed by atoms with Crippen LogP contribution in [0.3, 0.4) is 0 Å². The van der Waals surface area contributed by atoms with Crippen LogP contribution in [0.4, 0.5) is 0 Å². The molecule has 0 amide bonds. The van der Waals surface area contributed by atoms with Crippen molar-refractivity contribution in [2.24, 2.45) is 0 Å². The maximum atomic E-state index is 11.8. The highest BCUT2D eigenvalue weighted by Crippen LogP contribution is 2.20. The first-order valence-electron chi connectivity index (χ1n) is 7.09. The molecule has 2 aromatic rings. The molecular formula is C14H19N3O3. The summed E-state index contributed by atoms with van der Waals surface area (Å²) >= 11 is 0. The smallest absolute Gasteiger partial charge is 0.437 e. The Labute approximate surface area is 117 Å². The van der Waals surface area contributed by atoms with E-state index in [1.54, 1.807) is 12.3 Å². The molecule has 0 bridgehead atoms. The van der Waals surface area contributed by atoms with Gasteiger partial charge in [-0.3, -0.25) is 0 Å². The van der Waals surface area contributed by atoms with Crippen LogP contribution in [0.15, 0.2) is 26.0 Å². The molecule has 108 valence electrons. The van der Waals surface area contributed by atoms with Gasteiger partial charge in [0.15, 0.2) is 0 Å². The van der Waals surface area contributed by atoms with Crippen LogP contribution in [0.25, 0.3) is 11.5 Å². The van der Waals surface area contributed by atoms with E-state index in [1.807, 2.05) is 6.92 Å². The van der Waals surface area contributed by atoms with E-state index in [4.69, 9.17) is 8.83 Å². The van der Waals surface area contributed by atoms with Crippen molar-refractivity contribution >= 4 is 0 Å². The maximum Gasteiger partial charge on any atom is 0.437 e. The van der Waals surface area contributed by atoms with E-state index in [0.29, 0.717) is 18.2 Å². The molecule has 3 heterocycles. The fourth-order valence-electron chi connectivity index (χ4n) is 2.58. The van der Waals surface area contributed by atoms with E-state index in [-0.39, 0.29) is 0 Å². The van der Waals surface area contributed by atoms with Crippen molar-refractivity contribution in [2.45, 2.75) is 32.7 Å². The summed E-state index contributed by atoms with van der Waals surface area (Å²) in [6.07, 6.45) is 5.36. The molecule has 0 saturated carbocycles. The summed E-state index contributed by atoms with van der Waals surface area (Å²) in [5, 5.41) is 4.25. The van der Waals surface area contributed by atoms with Gasteiger partial charge in [0.25, 0.3) is 5.89 Å². The second-order valence-corrected chi connectivity index (χ2v) is 5.19. The monoisotopic (exact) mass is 277 g/mol. The van der Waals surface area contributed by atoms with Gasteiger partial charge >= 0.3 is 5.76 Å². The lowest BCUT2D eigenvalue weighted by molar-refractivity contribution is 0.216. The first-order chi connectivity index (χ1) is 9.74. The van der Waals surface area contributed by atoms with E-state index in [1.165, 1.54) is 23.9 Å². The third-order valence-corrected chi connectivity index (χ3v) is 3.77. The minimum atomic E-state index is -0.405. The summed E-state index contributed by atoms with van der Waals surface area (Å²) in [4.78, 5) is 14.2. The van der Waals surface area contributed by atoms with Crippen LogP contribution in [0, 0.1) is 6.92 Å². The van der Waals surface area contributed by atoms with Crippen molar-refractivity contribution in [1.29, 1.82) is 0 Å². The van der Waals surface area contributed by atoms with E-state index in [0.717, 1.165) is 25.2 Å². The minimum absolute atomic E-state index is 0.333. The zero-order valence-electron chi connectivity index (χ0n) is 11.7. The molecule has 0 radical (unpaired) electrons. The average molecular weight is 277 g/mol. The van der Waals surface area contributed by atoms with Crippen LogP contribution in [-0.4, -0.2) is 34.3 Å². The summed E-state index contributed by atoms with van der Waals surface area (Å²) < 4.78 is 11.8. The zero-order valence-corrected chi connectivity index (χ0v) is 11.7. The molecule has 1 fully saturated rings. The second-order valence-electron chi connectivity index (χ2n) is 5.19. The molecule has 1 saturated heterocycles. The van der Waals surface area contributed by atoms with E-state index in [9.17, 15) is 4.79 Å². The predicted octanol–water partition coefficient (Wildman–Crippen LogP) is 1.89. The molecule has 0 aromatic carbocycles. The van der Waals surface area contributed by atoms with Crippen LogP contribution in [0.2, 0.25) is 0 Å². The lowest BCUT2D eigenvalue weighted by atomic mass is 10.1. The quantitative estimate of drug-likeness (QED) is 0.854. The highest BCUT2D eigenvalue weighted by molar-refractivity contribution is 5.54. The van der Waals surface area contributed by atoms with Gasteiger partial charge in [0.2, 0.25) is 0 Å². The third-order valence-electron chi connectivity index (χ3n) is 3.77. The fraction of sp³-hybridized carbons (Fsp3) is 0.571. The SMILES string of the molecule is Cc1occc1-c1nn(CCN2CCCCC2)c(=O)o1. The van der Waals surface area contributed by atoms with Crippen molar-refractivity contribution in [1.82, 2.24) is 14.7 Å². The number of hydrogen-bond acceptors (Lipinski definition) is 5. The van der Waals surface area contributed by atoms with Gasteiger partial charge in [0.1, 0.15) is 5.76 Å². The van der Waals surface area contributed by atoms with Gasteiger partial charge in [-0.1, -0.05) is 6.42 Å². The predicted molar refractivity (Wildman–Crippen MR) is 73.5 cm³/mol. The van der Waals surface area contributed by atoms with Crippen molar-refractivity contribution in [3.05, 3.63) is 28.6 Å². The maximum absolute atomic E-state index is 11.8. The first-order valence-corrected chi connectivity index (χ1v) is 7.09. The van der Waals surface area contributed by atoms with Crippen LogP contribution >= 0.6 is 0 Å². The Bertz CT molecular complexity index is 620. The van der Waals surface area contributed by atoms with E-state index in [2.05, 4.69) is 10.00 Å². The molecule has 1 aliphatic heterocycles. The Morgan fingerprint density at radius 1 is 1.25 bits per heavy atom. The standard InChI is InChI=1S/C14H19N3O3/c1-11-12(5-10-19-11)13-15-17(14(18)20-13)9-8-16-6-3-2-4-7-16/h5,10H,2-4,6-9H2,1H3.